The van der Waals surface area contributed by atoms with Crippen molar-refractivity contribution in [3.05, 3.63) is 117 Å². The molecule has 62 heavy (non-hydrogen) atoms. The van der Waals surface area contributed by atoms with Crippen LogP contribution in [-0.2, 0) is 23.2 Å². The summed E-state index contributed by atoms with van der Waals surface area (Å²) in [5.74, 6) is 2.80. The van der Waals surface area contributed by atoms with Gasteiger partial charge in [-0.1, -0.05) is 151 Å². The summed E-state index contributed by atoms with van der Waals surface area (Å²) in [5, 5.41) is 0.682. The predicted molar refractivity (Wildman–Crippen MR) is 277 cm³/mol. The second kappa shape index (κ2) is 32.5. The third kappa shape index (κ3) is 19.8. The number of rotatable bonds is 17. The normalized spacial score (nSPS) is 11.4. The summed E-state index contributed by atoms with van der Waals surface area (Å²) in [7, 11) is -3.19. The molecule has 0 amide bonds. The summed E-state index contributed by atoms with van der Waals surface area (Å²) in [6.07, 6.45) is 2.28. The van der Waals surface area contributed by atoms with Gasteiger partial charge in [-0.3, -0.25) is 0 Å². The van der Waals surface area contributed by atoms with E-state index in [-0.39, 0.29) is 18.9 Å². The molecule has 0 N–H and O–H groups in total. The topological polar surface area (TPSA) is 54.0 Å². The van der Waals surface area contributed by atoms with Crippen LogP contribution in [0, 0.1) is 10.5 Å². The Balaban J connectivity index is 0.000000949. The monoisotopic (exact) mass is 1010 g/mol. The van der Waals surface area contributed by atoms with E-state index in [2.05, 4.69) is 168 Å². The molecule has 0 aliphatic carbocycles. The van der Waals surface area contributed by atoms with Crippen molar-refractivity contribution in [2.24, 2.45) is 0 Å². The summed E-state index contributed by atoms with van der Waals surface area (Å²) in [6.45, 7) is 40.0. The first-order valence-corrected chi connectivity index (χ1v) is 26.6. The summed E-state index contributed by atoms with van der Waals surface area (Å²) in [6, 6.07) is 26.0. The molecule has 0 aromatic heterocycles. The fourth-order valence-electron chi connectivity index (χ4n) is 6.42. The Morgan fingerprint density at radius 1 is 0.597 bits per heavy atom. The van der Waals surface area contributed by atoms with Crippen LogP contribution in [0.5, 0.6) is 0 Å². The molecule has 4 aromatic carbocycles. The SMILES string of the molecule is CC(C)c1cc(C(C)C)c(-c2ccccc2I)c(C(C)C)c1.CCOO[P+](=O)c1ccccc1-c1c(C(C)C)cc(C(C)C)cc1C(C)C.CCOP(Cl)OCC.[CH2-]CCC.[Li+]. The number of hydrogen-bond acceptors (Lipinski definition) is 5. The molecular formula is C52H78ClILiO5P2+. The summed E-state index contributed by atoms with van der Waals surface area (Å²) < 4.78 is 29.0. The number of unbranched alkanes of at least 4 members (excludes halogenated alkanes) is 1. The Morgan fingerprint density at radius 3 is 1.27 bits per heavy atom. The Hall–Kier alpha value is -1.13. The van der Waals surface area contributed by atoms with Gasteiger partial charge < -0.3 is 16.0 Å². The van der Waals surface area contributed by atoms with Crippen molar-refractivity contribution in [2.45, 2.75) is 159 Å². The van der Waals surface area contributed by atoms with Crippen LogP contribution < -0.4 is 24.2 Å². The van der Waals surface area contributed by atoms with Gasteiger partial charge in [0, 0.05) is 13.8 Å². The zero-order valence-corrected chi connectivity index (χ0v) is 46.0. The third-order valence-electron chi connectivity index (χ3n) is 9.83. The molecular weight excluding hydrogens is 936 g/mol. The minimum absolute atomic E-state index is 0. The van der Waals surface area contributed by atoms with Crippen LogP contribution in [-0.4, -0.2) is 19.8 Å². The fraction of sp³-hybridized carbons (Fsp3) is 0.519. The van der Waals surface area contributed by atoms with Crippen LogP contribution in [0.2, 0.25) is 0 Å². The van der Waals surface area contributed by atoms with Crippen molar-refractivity contribution in [1.29, 1.82) is 0 Å². The fourth-order valence-corrected chi connectivity index (χ4v) is 9.02. The molecule has 5 nitrogen and oxygen atoms in total. The zero-order valence-electron chi connectivity index (χ0n) is 41.3. The van der Waals surface area contributed by atoms with E-state index < -0.39 is 15.8 Å². The van der Waals surface area contributed by atoms with E-state index in [1.54, 1.807) is 0 Å². The molecule has 0 bridgehead atoms. The molecule has 340 valence electrons. The number of benzene rings is 4. The summed E-state index contributed by atoms with van der Waals surface area (Å²) in [4.78, 5) is 4.96. The Labute approximate surface area is 411 Å². The Morgan fingerprint density at radius 2 is 0.952 bits per heavy atom. The van der Waals surface area contributed by atoms with Gasteiger partial charge in [-0.15, -0.1) is 0 Å². The molecule has 1 unspecified atom stereocenters. The Kier molecular flexibility index (Phi) is 31.9. The molecule has 0 aliphatic rings. The van der Waals surface area contributed by atoms with Crippen molar-refractivity contribution in [3.8, 4) is 22.3 Å². The van der Waals surface area contributed by atoms with E-state index in [1.165, 1.54) is 60.1 Å². The second-order valence-corrected chi connectivity index (χ2v) is 20.8. The van der Waals surface area contributed by atoms with Gasteiger partial charge in [-0.2, -0.15) is 11.3 Å². The van der Waals surface area contributed by atoms with Crippen molar-refractivity contribution in [2.75, 3.05) is 19.8 Å². The van der Waals surface area contributed by atoms with Crippen molar-refractivity contribution >= 4 is 54.9 Å². The molecule has 0 heterocycles. The van der Waals surface area contributed by atoms with E-state index >= 15 is 0 Å². The Bertz CT molecular complexity index is 1820. The van der Waals surface area contributed by atoms with Crippen molar-refractivity contribution in [3.63, 3.8) is 0 Å². The van der Waals surface area contributed by atoms with E-state index in [9.17, 15) is 4.57 Å². The average Bonchev–Trinajstić information content (AvgIpc) is 3.22. The van der Waals surface area contributed by atoms with Crippen molar-refractivity contribution < 1.29 is 42.0 Å². The van der Waals surface area contributed by atoms with E-state index in [1.807, 2.05) is 45.0 Å². The predicted octanol–water partition coefficient (Wildman–Crippen LogP) is 15.5. The maximum absolute atomic E-state index is 12.7. The third-order valence-corrected chi connectivity index (χ3v) is 13.3. The van der Waals surface area contributed by atoms with Gasteiger partial charge in [0.2, 0.25) is 5.30 Å². The molecule has 0 aliphatic heterocycles. The largest absolute Gasteiger partial charge is 1.00 e. The van der Waals surface area contributed by atoms with E-state index in [4.69, 9.17) is 29.9 Å². The van der Waals surface area contributed by atoms with Crippen LogP contribution in [0.25, 0.3) is 22.3 Å². The van der Waals surface area contributed by atoms with Crippen LogP contribution in [0.4, 0.5) is 0 Å². The van der Waals surface area contributed by atoms with Gasteiger partial charge in [-0.25, -0.2) is 0 Å². The molecule has 1 atom stereocenters. The first-order chi connectivity index (χ1) is 28.8. The first-order valence-electron chi connectivity index (χ1n) is 22.3. The van der Waals surface area contributed by atoms with Gasteiger partial charge >= 0.3 is 26.9 Å². The molecule has 10 heteroatoms. The molecule has 4 aromatic rings. The maximum Gasteiger partial charge on any atom is 1.00 e. The maximum atomic E-state index is 12.7. The first kappa shape index (κ1) is 60.9. The van der Waals surface area contributed by atoms with E-state index in [0.29, 0.717) is 60.6 Å². The van der Waals surface area contributed by atoms with E-state index in [0.717, 1.165) is 12.0 Å². The van der Waals surface area contributed by atoms with Gasteiger partial charge in [0.1, 0.15) is 0 Å². The van der Waals surface area contributed by atoms with Crippen LogP contribution in [0.3, 0.4) is 0 Å². The van der Waals surface area contributed by atoms with Crippen LogP contribution in [0.1, 0.15) is 193 Å². The standard InChI is InChI=1S/C23H32O3P.C21H27I.C4H10ClO2P.C4H9.Li/c1-8-25-26-27(24)22-12-10-9-11-19(22)23-20(16(4)5)13-18(15(2)3)14-21(23)17(6)7;1-13(2)16-11-18(14(3)4)21(19(12-16)15(5)6)17-9-7-8-10-20(17)22;1-3-6-8(5)7-4-2;1-3-4-2;/h9-17H,8H2,1-7H3;7-15H,1-6H3;3-4H2,1-2H3;1,3-4H2,2H3;/q+1;;;-1;+1. The molecule has 4 rings (SSSR count). The minimum Gasteiger partial charge on any atom is -0.343 e. The van der Waals surface area contributed by atoms with Gasteiger partial charge in [-0.05, 0) is 163 Å². The average molecular weight is 1010 g/mol. The number of halogens is 2. The molecule has 0 saturated carbocycles. The molecule has 0 fully saturated rings. The van der Waals surface area contributed by atoms with Crippen LogP contribution in [0.15, 0.2) is 72.8 Å². The second-order valence-electron chi connectivity index (χ2n) is 16.7. The summed E-state index contributed by atoms with van der Waals surface area (Å²) >= 11 is 7.97. The molecule has 0 spiro atoms. The smallest absolute Gasteiger partial charge is 0.343 e. The zero-order chi connectivity index (χ0) is 46.4. The quantitative estimate of drug-likeness (QED) is 0.0263. The van der Waals surface area contributed by atoms with Gasteiger partial charge in [0.05, 0.1) is 19.8 Å². The van der Waals surface area contributed by atoms with Crippen molar-refractivity contribution in [1.82, 2.24) is 0 Å². The molecule has 0 radical (unpaired) electrons. The van der Waals surface area contributed by atoms with Gasteiger partial charge in [0.25, 0.3) is 7.73 Å². The minimum atomic E-state index is -2.08. The van der Waals surface area contributed by atoms with Gasteiger partial charge in [0.15, 0.2) is 0 Å². The number of hydrogen-bond donors (Lipinski definition) is 0. The summed E-state index contributed by atoms with van der Waals surface area (Å²) in [5.41, 5.74) is 13.3. The van der Waals surface area contributed by atoms with Crippen LogP contribution >= 0.6 is 49.6 Å². The molecule has 0 saturated heterocycles.